The van der Waals surface area contributed by atoms with Gasteiger partial charge in [-0.25, -0.2) is 0 Å². The number of nitrogens with zero attached hydrogens (tertiary/aromatic N) is 3. The van der Waals surface area contributed by atoms with Crippen LogP contribution in [0, 0.1) is 0 Å². The predicted molar refractivity (Wildman–Crippen MR) is 103 cm³/mol. The summed E-state index contributed by atoms with van der Waals surface area (Å²) in [6.07, 6.45) is 8.51. The molecule has 1 amide bonds. The topological polar surface area (TPSA) is 73.0 Å². The first-order chi connectivity index (χ1) is 12.5. The minimum absolute atomic E-state index is 0.0274. The van der Waals surface area contributed by atoms with Gasteiger partial charge in [0.2, 0.25) is 11.7 Å². The minimum Gasteiger partial charge on any atom is -0.461 e. The maximum Gasteiger partial charge on any atom is 0.230 e. The maximum absolute atomic E-state index is 12.3. The molecular weight excluding hydrogens is 348 g/mol. The molecule has 3 rings (SSSR count). The molecule has 0 bridgehead atoms. The van der Waals surface area contributed by atoms with Crippen LogP contribution in [0.25, 0.3) is 11.6 Å². The molecule has 0 spiro atoms. The predicted octanol–water partition coefficient (Wildman–Crippen LogP) is 4.44. The Labute approximate surface area is 159 Å². The molecule has 0 atom stereocenters. The second kappa shape index (κ2) is 8.29. The molecule has 7 heteroatoms. The SMILES string of the molecule is CCC(C)(C)NC(=O)CSc1nnc(-c2ccco2)n1C1CCCCC1. The first-order valence-corrected chi connectivity index (χ1v) is 10.4. The Bertz CT molecular complexity index is 718. The van der Waals surface area contributed by atoms with E-state index >= 15 is 0 Å². The lowest BCUT2D eigenvalue weighted by Gasteiger charge is -2.26. The Hall–Kier alpha value is -1.76. The van der Waals surface area contributed by atoms with E-state index in [1.165, 1.54) is 31.0 Å². The minimum atomic E-state index is -0.186. The van der Waals surface area contributed by atoms with Crippen LogP contribution in [-0.2, 0) is 4.79 Å². The third-order valence-corrected chi connectivity index (χ3v) is 5.98. The first-order valence-electron chi connectivity index (χ1n) is 9.43. The third kappa shape index (κ3) is 4.50. The van der Waals surface area contributed by atoms with Crippen LogP contribution in [0.4, 0.5) is 0 Å². The molecule has 2 aromatic rings. The Balaban J connectivity index is 1.77. The van der Waals surface area contributed by atoms with Gasteiger partial charge in [0.15, 0.2) is 10.9 Å². The van der Waals surface area contributed by atoms with E-state index in [2.05, 4.69) is 27.0 Å². The maximum atomic E-state index is 12.3. The van der Waals surface area contributed by atoms with Gasteiger partial charge < -0.3 is 9.73 Å². The highest BCUT2D eigenvalue weighted by Crippen LogP contribution is 2.35. The van der Waals surface area contributed by atoms with Crippen LogP contribution in [0.2, 0.25) is 0 Å². The highest BCUT2D eigenvalue weighted by Gasteiger charge is 2.26. The van der Waals surface area contributed by atoms with Crippen LogP contribution in [0.1, 0.15) is 65.3 Å². The van der Waals surface area contributed by atoms with Gasteiger partial charge >= 0.3 is 0 Å². The number of carbonyl (C=O) groups excluding carboxylic acids is 1. The average molecular weight is 377 g/mol. The molecule has 2 aromatic heterocycles. The summed E-state index contributed by atoms with van der Waals surface area (Å²) in [7, 11) is 0. The number of aromatic nitrogens is 3. The van der Waals surface area contributed by atoms with Crippen molar-refractivity contribution in [3.05, 3.63) is 18.4 Å². The van der Waals surface area contributed by atoms with E-state index in [-0.39, 0.29) is 11.4 Å². The Morgan fingerprint density at radius 3 is 2.77 bits per heavy atom. The summed E-state index contributed by atoms with van der Waals surface area (Å²) in [5.74, 6) is 1.86. The molecule has 1 fully saturated rings. The van der Waals surface area contributed by atoms with Gasteiger partial charge in [0.1, 0.15) is 0 Å². The van der Waals surface area contributed by atoms with E-state index in [0.29, 0.717) is 11.8 Å². The van der Waals surface area contributed by atoms with Crippen molar-refractivity contribution in [1.29, 1.82) is 0 Å². The molecule has 0 saturated heterocycles. The summed E-state index contributed by atoms with van der Waals surface area (Å²) < 4.78 is 7.74. The fourth-order valence-electron chi connectivity index (χ4n) is 3.25. The smallest absolute Gasteiger partial charge is 0.230 e. The van der Waals surface area contributed by atoms with Gasteiger partial charge in [0.05, 0.1) is 12.0 Å². The number of hydrogen-bond acceptors (Lipinski definition) is 5. The molecule has 1 aliphatic carbocycles. The van der Waals surface area contributed by atoms with Crippen molar-refractivity contribution < 1.29 is 9.21 Å². The Morgan fingerprint density at radius 2 is 2.12 bits per heavy atom. The number of thioether (sulfide) groups is 1. The number of nitrogens with one attached hydrogen (secondary N) is 1. The zero-order valence-corrected chi connectivity index (χ0v) is 16.6. The van der Waals surface area contributed by atoms with Gasteiger partial charge in [-0.3, -0.25) is 9.36 Å². The average Bonchev–Trinajstić information content (AvgIpc) is 3.29. The molecular formula is C19H28N4O2S. The third-order valence-electron chi connectivity index (χ3n) is 5.04. The quantitative estimate of drug-likeness (QED) is 0.723. The molecule has 0 unspecified atom stereocenters. The number of rotatable bonds is 7. The van der Waals surface area contributed by atoms with E-state index in [1.807, 2.05) is 26.0 Å². The van der Waals surface area contributed by atoms with Crippen molar-refractivity contribution in [3.8, 4) is 11.6 Å². The lowest BCUT2D eigenvalue weighted by molar-refractivity contribution is -0.120. The number of furan rings is 1. The first kappa shape index (κ1) is 19.0. The molecule has 1 aliphatic rings. The van der Waals surface area contributed by atoms with Crippen LogP contribution in [0.3, 0.4) is 0 Å². The van der Waals surface area contributed by atoms with Crippen molar-refractivity contribution in [2.45, 2.75) is 76.0 Å². The van der Waals surface area contributed by atoms with Gasteiger partial charge in [-0.15, -0.1) is 10.2 Å². The second-order valence-corrected chi connectivity index (χ2v) is 8.46. The molecule has 6 nitrogen and oxygen atoms in total. The molecule has 0 radical (unpaired) electrons. The van der Waals surface area contributed by atoms with Gasteiger partial charge in [-0.1, -0.05) is 37.9 Å². The zero-order chi connectivity index (χ0) is 18.6. The summed E-state index contributed by atoms with van der Waals surface area (Å²) in [6, 6.07) is 4.15. The molecule has 26 heavy (non-hydrogen) atoms. The van der Waals surface area contributed by atoms with Crippen LogP contribution >= 0.6 is 11.8 Å². The normalized spacial score (nSPS) is 16.0. The van der Waals surface area contributed by atoms with Crippen LogP contribution in [-0.4, -0.2) is 32.0 Å². The zero-order valence-electron chi connectivity index (χ0n) is 15.8. The summed E-state index contributed by atoms with van der Waals surface area (Å²) in [4.78, 5) is 12.3. The van der Waals surface area contributed by atoms with E-state index in [9.17, 15) is 4.79 Å². The van der Waals surface area contributed by atoms with Gasteiger partial charge in [-0.2, -0.15) is 0 Å². The largest absolute Gasteiger partial charge is 0.461 e. The number of carbonyl (C=O) groups is 1. The molecule has 2 heterocycles. The van der Waals surface area contributed by atoms with Crippen LogP contribution in [0.15, 0.2) is 28.0 Å². The van der Waals surface area contributed by atoms with Gasteiger partial charge in [-0.05, 0) is 45.2 Å². The van der Waals surface area contributed by atoms with Crippen molar-refractivity contribution in [3.63, 3.8) is 0 Å². The highest BCUT2D eigenvalue weighted by molar-refractivity contribution is 7.99. The molecule has 1 N–H and O–H groups in total. The molecule has 1 saturated carbocycles. The standard InChI is InChI=1S/C19H28N4O2S/c1-4-19(2,3)20-16(24)13-26-18-22-21-17(15-11-8-12-25-15)23(18)14-9-6-5-7-10-14/h8,11-12,14H,4-7,9-10,13H2,1-3H3,(H,20,24). The van der Waals surface area contributed by atoms with Crippen molar-refractivity contribution in [2.24, 2.45) is 0 Å². The van der Waals surface area contributed by atoms with Crippen molar-refractivity contribution in [1.82, 2.24) is 20.1 Å². The van der Waals surface area contributed by atoms with E-state index in [1.54, 1.807) is 6.26 Å². The van der Waals surface area contributed by atoms with E-state index < -0.39 is 0 Å². The van der Waals surface area contributed by atoms with Crippen molar-refractivity contribution >= 4 is 17.7 Å². The summed E-state index contributed by atoms with van der Waals surface area (Å²) >= 11 is 1.45. The van der Waals surface area contributed by atoms with Gasteiger partial charge in [0.25, 0.3) is 0 Å². The number of hydrogen-bond donors (Lipinski definition) is 1. The van der Waals surface area contributed by atoms with E-state index in [0.717, 1.165) is 36.0 Å². The number of amides is 1. The molecule has 142 valence electrons. The van der Waals surface area contributed by atoms with Crippen LogP contribution < -0.4 is 5.32 Å². The van der Waals surface area contributed by atoms with Gasteiger partial charge in [0, 0.05) is 11.6 Å². The molecule has 0 aliphatic heterocycles. The second-order valence-electron chi connectivity index (χ2n) is 7.52. The summed E-state index contributed by atoms with van der Waals surface area (Å²) in [6.45, 7) is 6.15. The lowest BCUT2D eigenvalue weighted by atomic mass is 9.95. The van der Waals surface area contributed by atoms with Crippen molar-refractivity contribution in [2.75, 3.05) is 5.75 Å². The fourth-order valence-corrected chi connectivity index (χ4v) is 4.06. The highest BCUT2D eigenvalue weighted by atomic mass is 32.2. The van der Waals surface area contributed by atoms with Crippen LogP contribution in [0.5, 0.6) is 0 Å². The van der Waals surface area contributed by atoms with E-state index in [4.69, 9.17) is 4.42 Å². The fraction of sp³-hybridized carbons (Fsp3) is 0.632. The lowest BCUT2D eigenvalue weighted by Crippen LogP contribution is -2.43. The Morgan fingerprint density at radius 1 is 1.35 bits per heavy atom. The monoisotopic (exact) mass is 376 g/mol. The Kier molecular flexibility index (Phi) is 6.06. The molecule has 0 aromatic carbocycles. The summed E-state index contributed by atoms with van der Waals surface area (Å²) in [5.41, 5.74) is -0.186. The summed E-state index contributed by atoms with van der Waals surface area (Å²) in [5, 5.41) is 12.6.